The third-order valence-electron chi connectivity index (χ3n) is 3.46. The molecule has 0 aromatic carbocycles. The van der Waals surface area contributed by atoms with Gasteiger partial charge in [0.25, 0.3) is 0 Å². The van der Waals surface area contributed by atoms with Crippen LogP contribution < -0.4 is 5.32 Å². The molecule has 0 spiro atoms. The normalized spacial score (nSPS) is 23.1. The Bertz CT molecular complexity index is 350. The number of hydrogen-bond acceptors (Lipinski definition) is 6. The fourth-order valence-corrected chi connectivity index (χ4v) is 2.30. The molecule has 1 saturated heterocycles. The molecular formula is C17H33NO6. The topological polar surface area (TPSA) is 105 Å². The predicted octanol–water partition coefficient (Wildman–Crippen LogP) is 1.15. The van der Waals surface area contributed by atoms with E-state index in [0.29, 0.717) is 38.6 Å². The molecule has 0 aliphatic carbocycles. The predicted molar refractivity (Wildman–Crippen MR) is 90.4 cm³/mol. The molecule has 1 fully saturated rings. The zero-order chi connectivity index (χ0) is 18.4. The van der Waals surface area contributed by atoms with Gasteiger partial charge in [0.15, 0.2) is 6.29 Å². The number of Topliss-reactive ketones (excluding diaryl/α,β-unsaturated/α-hetero) is 1. The third-order valence-corrected chi connectivity index (χ3v) is 3.46. The first kappa shape index (κ1) is 23.0. The van der Waals surface area contributed by atoms with E-state index in [-0.39, 0.29) is 24.9 Å². The fourth-order valence-electron chi connectivity index (χ4n) is 2.30. The molecule has 24 heavy (non-hydrogen) atoms. The van der Waals surface area contributed by atoms with Crippen LogP contribution in [0.2, 0.25) is 0 Å². The van der Waals surface area contributed by atoms with Crippen molar-refractivity contribution in [1.29, 1.82) is 0 Å². The van der Waals surface area contributed by atoms with Gasteiger partial charge in [0.05, 0.1) is 25.4 Å². The first-order valence-corrected chi connectivity index (χ1v) is 8.83. The number of carbonyl (C=O) groups excluding carboxylic acids is 2. The van der Waals surface area contributed by atoms with Crippen LogP contribution in [0.1, 0.15) is 59.3 Å². The minimum Gasteiger partial charge on any atom is -0.394 e. The average molecular weight is 347 g/mol. The number of ether oxygens (including phenoxy) is 2. The second-order valence-corrected chi connectivity index (χ2v) is 5.63. The van der Waals surface area contributed by atoms with Gasteiger partial charge in [0, 0.05) is 32.2 Å². The molecule has 1 heterocycles. The van der Waals surface area contributed by atoms with E-state index < -0.39 is 18.5 Å². The van der Waals surface area contributed by atoms with Gasteiger partial charge in [-0.3, -0.25) is 4.79 Å². The van der Waals surface area contributed by atoms with Gasteiger partial charge in [-0.1, -0.05) is 13.8 Å². The molecule has 3 unspecified atom stereocenters. The van der Waals surface area contributed by atoms with Crippen molar-refractivity contribution in [2.75, 3.05) is 19.8 Å². The quantitative estimate of drug-likeness (QED) is 0.512. The van der Waals surface area contributed by atoms with E-state index in [1.54, 1.807) is 6.92 Å². The van der Waals surface area contributed by atoms with Gasteiger partial charge in [-0.25, -0.2) is 0 Å². The molecule has 3 N–H and O–H groups in total. The summed E-state index contributed by atoms with van der Waals surface area (Å²) in [6, 6.07) is 0. The second-order valence-electron chi connectivity index (χ2n) is 5.63. The first-order chi connectivity index (χ1) is 11.5. The summed E-state index contributed by atoms with van der Waals surface area (Å²) in [5, 5.41) is 21.4. The molecule has 0 aromatic rings. The van der Waals surface area contributed by atoms with E-state index in [1.165, 1.54) is 0 Å². The Hall–Kier alpha value is -1.02. The molecule has 1 aliphatic heterocycles. The van der Waals surface area contributed by atoms with Crippen LogP contribution in [0.5, 0.6) is 0 Å². The molecule has 3 atom stereocenters. The van der Waals surface area contributed by atoms with Crippen LogP contribution in [-0.2, 0) is 19.1 Å². The molecule has 1 aliphatic rings. The summed E-state index contributed by atoms with van der Waals surface area (Å²) >= 11 is 0. The maximum Gasteiger partial charge on any atom is 0.220 e. The van der Waals surface area contributed by atoms with Crippen molar-refractivity contribution < 1.29 is 29.3 Å². The van der Waals surface area contributed by atoms with Crippen molar-refractivity contribution in [2.24, 2.45) is 0 Å². The molecule has 0 aromatic heterocycles. The molecule has 0 bridgehead atoms. The second kappa shape index (κ2) is 14.3. The molecular weight excluding hydrogens is 314 g/mol. The van der Waals surface area contributed by atoms with Crippen LogP contribution in [0.15, 0.2) is 0 Å². The molecule has 1 amide bonds. The number of ketones is 1. The number of amides is 1. The van der Waals surface area contributed by atoms with Crippen LogP contribution in [0.25, 0.3) is 0 Å². The summed E-state index contributed by atoms with van der Waals surface area (Å²) in [6.07, 6.45) is 1.65. The van der Waals surface area contributed by atoms with Crippen molar-refractivity contribution in [3.8, 4) is 0 Å². The number of aliphatic hydroxyl groups is 2. The molecule has 0 saturated carbocycles. The highest BCUT2D eigenvalue weighted by molar-refractivity contribution is 5.76. The van der Waals surface area contributed by atoms with Gasteiger partial charge in [-0.05, 0) is 19.8 Å². The van der Waals surface area contributed by atoms with Crippen LogP contribution in [-0.4, -0.2) is 60.2 Å². The average Bonchev–Trinajstić information content (AvgIpc) is 2.56. The molecule has 0 radical (unpaired) electrons. The Morgan fingerprint density at radius 3 is 2.50 bits per heavy atom. The Labute approximate surface area is 144 Å². The smallest absolute Gasteiger partial charge is 0.220 e. The highest BCUT2D eigenvalue weighted by atomic mass is 16.7. The SMILES string of the molecule is CC.CC(=O)CCCCC(=O)NCCOC1CC(O)CC(CO)O1. The van der Waals surface area contributed by atoms with Crippen molar-refractivity contribution in [2.45, 2.75) is 77.8 Å². The molecule has 142 valence electrons. The Balaban J connectivity index is 0.00000254. The van der Waals surface area contributed by atoms with Gasteiger partial charge < -0.3 is 29.8 Å². The number of rotatable bonds is 10. The molecule has 7 nitrogen and oxygen atoms in total. The van der Waals surface area contributed by atoms with E-state index >= 15 is 0 Å². The molecule has 7 heteroatoms. The van der Waals surface area contributed by atoms with E-state index in [0.717, 1.165) is 6.42 Å². The monoisotopic (exact) mass is 347 g/mol. The van der Waals surface area contributed by atoms with Crippen molar-refractivity contribution >= 4 is 11.7 Å². The van der Waals surface area contributed by atoms with E-state index in [1.807, 2.05) is 13.8 Å². The van der Waals surface area contributed by atoms with Crippen LogP contribution in [0, 0.1) is 0 Å². The number of nitrogens with one attached hydrogen (secondary N) is 1. The summed E-state index contributed by atoms with van der Waals surface area (Å²) in [6.45, 7) is 6.05. The van der Waals surface area contributed by atoms with E-state index in [4.69, 9.17) is 14.6 Å². The van der Waals surface area contributed by atoms with Crippen LogP contribution >= 0.6 is 0 Å². The fraction of sp³-hybridized carbons (Fsp3) is 0.882. The minimum atomic E-state index is -0.548. The standard InChI is InChI=1S/C15H27NO6.C2H6/c1-11(18)4-2-3-5-14(20)16-6-7-21-15-9-12(19)8-13(10-17)22-15;1-2/h12-13,15,17,19H,2-10H2,1H3,(H,16,20);1-2H3. The van der Waals surface area contributed by atoms with Gasteiger partial charge in [-0.15, -0.1) is 0 Å². The lowest BCUT2D eigenvalue weighted by Gasteiger charge is -2.32. The number of unbranched alkanes of at least 4 members (excludes halogenated alkanes) is 1. The maximum atomic E-state index is 11.5. The van der Waals surface area contributed by atoms with Crippen LogP contribution in [0.3, 0.4) is 0 Å². The summed E-state index contributed by atoms with van der Waals surface area (Å²) in [7, 11) is 0. The summed E-state index contributed by atoms with van der Waals surface area (Å²) in [5.74, 6) is 0.0784. The lowest BCUT2D eigenvalue weighted by molar-refractivity contribution is -0.220. The molecule has 1 rings (SSSR count). The highest BCUT2D eigenvalue weighted by Gasteiger charge is 2.28. The Morgan fingerprint density at radius 2 is 1.88 bits per heavy atom. The maximum absolute atomic E-state index is 11.5. The summed E-state index contributed by atoms with van der Waals surface area (Å²) < 4.78 is 10.9. The van der Waals surface area contributed by atoms with Crippen molar-refractivity contribution in [3.05, 3.63) is 0 Å². The van der Waals surface area contributed by atoms with Gasteiger partial charge >= 0.3 is 0 Å². The van der Waals surface area contributed by atoms with E-state index in [9.17, 15) is 14.7 Å². The van der Waals surface area contributed by atoms with Gasteiger partial charge in [0.2, 0.25) is 5.91 Å². The van der Waals surface area contributed by atoms with Gasteiger partial charge in [0.1, 0.15) is 5.78 Å². The summed E-state index contributed by atoms with van der Waals surface area (Å²) in [4.78, 5) is 22.3. The van der Waals surface area contributed by atoms with Gasteiger partial charge in [-0.2, -0.15) is 0 Å². The number of aliphatic hydroxyl groups excluding tert-OH is 2. The third kappa shape index (κ3) is 11.5. The van der Waals surface area contributed by atoms with Crippen molar-refractivity contribution in [1.82, 2.24) is 5.32 Å². The Kier molecular flexibility index (Phi) is 13.7. The van der Waals surface area contributed by atoms with Crippen LogP contribution in [0.4, 0.5) is 0 Å². The Morgan fingerprint density at radius 1 is 1.21 bits per heavy atom. The minimum absolute atomic E-state index is 0.0648. The lowest BCUT2D eigenvalue weighted by atomic mass is 10.1. The van der Waals surface area contributed by atoms with E-state index in [2.05, 4.69) is 5.32 Å². The highest BCUT2D eigenvalue weighted by Crippen LogP contribution is 2.20. The number of hydrogen-bond donors (Lipinski definition) is 3. The largest absolute Gasteiger partial charge is 0.394 e. The number of carbonyl (C=O) groups is 2. The summed E-state index contributed by atoms with van der Waals surface area (Å²) in [5.41, 5.74) is 0. The zero-order valence-electron chi connectivity index (χ0n) is 15.1. The lowest BCUT2D eigenvalue weighted by Crippen LogP contribution is -2.40. The van der Waals surface area contributed by atoms with Crippen molar-refractivity contribution in [3.63, 3.8) is 0 Å². The zero-order valence-corrected chi connectivity index (χ0v) is 15.1. The first-order valence-electron chi connectivity index (χ1n) is 8.83.